The molecule has 0 saturated heterocycles. The number of carbonyl (C=O) groups excluding carboxylic acids is 1. The Morgan fingerprint density at radius 3 is 2.39 bits per heavy atom. The van der Waals surface area contributed by atoms with Gasteiger partial charge in [-0.05, 0) is 48.9 Å². The summed E-state index contributed by atoms with van der Waals surface area (Å²) in [5.41, 5.74) is -0.696. The molecular formula is C29H35F3N4O4S. The van der Waals surface area contributed by atoms with E-state index in [-0.39, 0.29) is 46.5 Å². The smallest absolute Gasteiger partial charge is 0.388 e. The Kier molecular flexibility index (Phi) is 8.39. The second kappa shape index (κ2) is 11.2. The molecule has 12 heteroatoms. The third-order valence-electron chi connectivity index (χ3n) is 7.26. The van der Waals surface area contributed by atoms with Crippen molar-refractivity contribution in [3.05, 3.63) is 76.1 Å². The fraction of sp³-hybridized carbons (Fsp3) is 0.483. The summed E-state index contributed by atoms with van der Waals surface area (Å²) in [6.45, 7) is 8.57. The number of rotatable bonds is 9. The first kappa shape index (κ1) is 30.7. The minimum atomic E-state index is -4.68. The lowest BCUT2D eigenvalue weighted by molar-refractivity contribution is -0.140. The third kappa shape index (κ3) is 6.64. The number of aliphatic hydroxyl groups is 1. The van der Waals surface area contributed by atoms with E-state index in [0.29, 0.717) is 30.1 Å². The van der Waals surface area contributed by atoms with Crippen molar-refractivity contribution in [2.45, 2.75) is 83.1 Å². The fourth-order valence-electron chi connectivity index (χ4n) is 4.82. The number of benzene rings is 1. The minimum absolute atomic E-state index is 0.00175. The van der Waals surface area contributed by atoms with Gasteiger partial charge in [0.05, 0.1) is 34.6 Å². The number of hydrogen-bond acceptors (Lipinski definition) is 6. The molecule has 41 heavy (non-hydrogen) atoms. The summed E-state index contributed by atoms with van der Waals surface area (Å²) < 4.78 is 68.7. The van der Waals surface area contributed by atoms with E-state index in [9.17, 15) is 31.5 Å². The highest BCUT2D eigenvalue weighted by Gasteiger charge is 2.41. The second-order valence-electron chi connectivity index (χ2n) is 11.4. The standard InChI is InChI=1S/C29H35F3N4O4S/c1-6-41(39,40)21-13-12-20(33-15-21)14-34-26(38)24-17(2)36(27(35-24)28(3,4)5)16-19-8-7-9-22(23(19)29(30,31)32)25(37)18-10-11-18/h7-9,12-13,15,18,25,37H,6,10-11,14,16H2,1-5H3,(H,34,38). The van der Waals surface area contributed by atoms with Gasteiger partial charge < -0.3 is 15.0 Å². The van der Waals surface area contributed by atoms with E-state index in [4.69, 9.17) is 0 Å². The highest BCUT2D eigenvalue weighted by molar-refractivity contribution is 7.91. The molecule has 2 N–H and O–H groups in total. The first-order valence-corrected chi connectivity index (χ1v) is 15.1. The zero-order valence-electron chi connectivity index (χ0n) is 23.7. The number of hydrogen-bond donors (Lipinski definition) is 2. The molecule has 1 saturated carbocycles. The molecule has 1 unspecified atom stereocenters. The molecule has 1 aromatic carbocycles. The van der Waals surface area contributed by atoms with Crippen molar-refractivity contribution in [1.82, 2.24) is 19.9 Å². The van der Waals surface area contributed by atoms with Gasteiger partial charge in [-0.25, -0.2) is 13.4 Å². The third-order valence-corrected chi connectivity index (χ3v) is 8.98. The molecule has 0 aliphatic heterocycles. The molecule has 1 fully saturated rings. The van der Waals surface area contributed by atoms with Crippen molar-refractivity contribution in [1.29, 1.82) is 0 Å². The fourth-order valence-corrected chi connectivity index (χ4v) is 5.64. The minimum Gasteiger partial charge on any atom is -0.388 e. The van der Waals surface area contributed by atoms with Crippen LogP contribution in [-0.2, 0) is 34.5 Å². The zero-order valence-corrected chi connectivity index (χ0v) is 24.5. The Balaban J connectivity index is 1.65. The maximum absolute atomic E-state index is 14.4. The molecular weight excluding hydrogens is 557 g/mol. The Hall–Kier alpha value is -3.25. The van der Waals surface area contributed by atoms with Gasteiger partial charge in [-0.15, -0.1) is 0 Å². The molecule has 1 atom stereocenters. The average Bonchev–Trinajstić information content (AvgIpc) is 3.70. The Labute approximate surface area is 237 Å². The lowest BCUT2D eigenvalue weighted by Crippen LogP contribution is -2.24. The molecule has 2 heterocycles. The van der Waals surface area contributed by atoms with Gasteiger partial charge in [-0.2, -0.15) is 13.2 Å². The molecule has 0 bridgehead atoms. The summed E-state index contributed by atoms with van der Waals surface area (Å²) >= 11 is 0. The molecule has 8 nitrogen and oxygen atoms in total. The molecule has 0 spiro atoms. The molecule has 4 rings (SSSR count). The van der Waals surface area contributed by atoms with Crippen molar-refractivity contribution >= 4 is 15.7 Å². The van der Waals surface area contributed by atoms with Crippen LogP contribution in [0.4, 0.5) is 13.2 Å². The number of nitrogens with zero attached hydrogens (tertiary/aromatic N) is 3. The van der Waals surface area contributed by atoms with Crippen LogP contribution in [0.15, 0.2) is 41.4 Å². The zero-order chi connectivity index (χ0) is 30.3. The number of nitrogens with one attached hydrogen (secondary N) is 1. The Bertz CT molecular complexity index is 1540. The van der Waals surface area contributed by atoms with Crippen molar-refractivity contribution in [2.24, 2.45) is 5.92 Å². The predicted octanol–water partition coefficient (Wildman–Crippen LogP) is 5.12. The van der Waals surface area contributed by atoms with Gasteiger partial charge in [0.25, 0.3) is 5.91 Å². The largest absolute Gasteiger partial charge is 0.417 e. The van der Waals surface area contributed by atoms with Gasteiger partial charge in [0.2, 0.25) is 0 Å². The summed E-state index contributed by atoms with van der Waals surface area (Å²) in [4.78, 5) is 22.0. The van der Waals surface area contributed by atoms with Crippen molar-refractivity contribution in [3.63, 3.8) is 0 Å². The van der Waals surface area contributed by atoms with Crippen molar-refractivity contribution in [3.8, 4) is 0 Å². The predicted molar refractivity (Wildman–Crippen MR) is 147 cm³/mol. The SMILES string of the molecule is CCS(=O)(=O)c1ccc(CNC(=O)c2nc(C(C)(C)C)n(Cc3cccc(C(O)C4CC4)c3C(F)(F)F)c2C)nc1. The number of aromatic nitrogens is 3. The molecule has 222 valence electrons. The molecule has 1 amide bonds. The van der Waals surface area contributed by atoms with Crippen molar-refractivity contribution < 1.29 is 31.5 Å². The van der Waals surface area contributed by atoms with Crippen LogP contribution < -0.4 is 5.32 Å². The highest BCUT2D eigenvalue weighted by Crippen LogP contribution is 2.46. The van der Waals surface area contributed by atoms with E-state index < -0.39 is 39.0 Å². The van der Waals surface area contributed by atoms with Gasteiger partial charge in [-0.1, -0.05) is 45.9 Å². The lowest BCUT2D eigenvalue weighted by Gasteiger charge is -2.24. The molecule has 3 aromatic rings. The van der Waals surface area contributed by atoms with E-state index >= 15 is 0 Å². The number of carbonyl (C=O) groups is 1. The van der Waals surface area contributed by atoms with E-state index in [1.807, 2.05) is 20.8 Å². The summed E-state index contributed by atoms with van der Waals surface area (Å²) in [6, 6.07) is 7.18. The summed E-state index contributed by atoms with van der Waals surface area (Å²) in [7, 11) is -3.40. The van der Waals surface area contributed by atoms with Gasteiger partial charge in [0.15, 0.2) is 9.84 Å². The monoisotopic (exact) mass is 592 g/mol. The van der Waals surface area contributed by atoms with Crippen LogP contribution in [-0.4, -0.2) is 39.7 Å². The number of halogens is 3. The van der Waals surface area contributed by atoms with Crippen LogP contribution in [0.3, 0.4) is 0 Å². The quantitative estimate of drug-likeness (QED) is 0.357. The number of sulfone groups is 1. The summed E-state index contributed by atoms with van der Waals surface area (Å²) in [6.07, 6.45) is -3.26. The summed E-state index contributed by atoms with van der Waals surface area (Å²) in [5, 5.41) is 13.3. The van der Waals surface area contributed by atoms with Crippen LogP contribution in [0.5, 0.6) is 0 Å². The summed E-state index contributed by atoms with van der Waals surface area (Å²) in [5.74, 6) is -0.330. The van der Waals surface area contributed by atoms with Gasteiger partial charge in [-0.3, -0.25) is 9.78 Å². The average molecular weight is 593 g/mol. The number of alkyl halides is 3. The molecule has 2 aromatic heterocycles. The molecule has 1 aliphatic carbocycles. The molecule has 1 aliphatic rings. The Morgan fingerprint density at radius 2 is 1.85 bits per heavy atom. The van der Waals surface area contributed by atoms with Crippen LogP contribution in [0.25, 0.3) is 0 Å². The number of imidazole rings is 1. The number of amides is 1. The maximum atomic E-state index is 14.4. The van der Waals surface area contributed by atoms with Crippen molar-refractivity contribution in [2.75, 3.05) is 5.75 Å². The van der Waals surface area contributed by atoms with Gasteiger partial charge >= 0.3 is 6.18 Å². The number of pyridine rings is 1. The normalized spacial score (nSPS) is 15.1. The first-order valence-electron chi connectivity index (χ1n) is 13.4. The van der Waals surface area contributed by atoms with Crippen LogP contribution in [0.1, 0.15) is 91.0 Å². The second-order valence-corrected chi connectivity index (χ2v) is 13.7. The highest BCUT2D eigenvalue weighted by atomic mass is 32.2. The Morgan fingerprint density at radius 1 is 1.17 bits per heavy atom. The van der Waals surface area contributed by atoms with E-state index in [0.717, 1.165) is 0 Å². The van der Waals surface area contributed by atoms with Crippen LogP contribution >= 0.6 is 0 Å². The van der Waals surface area contributed by atoms with Gasteiger partial charge in [0, 0.05) is 23.9 Å². The first-order chi connectivity index (χ1) is 19.0. The van der Waals surface area contributed by atoms with Crippen LogP contribution in [0.2, 0.25) is 0 Å². The lowest BCUT2D eigenvalue weighted by atomic mass is 9.93. The van der Waals surface area contributed by atoms with Gasteiger partial charge in [0.1, 0.15) is 11.5 Å². The van der Waals surface area contributed by atoms with E-state index in [2.05, 4.69) is 15.3 Å². The van der Waals surface area contributed by atoms with E-state index in [1.54, 1.807) is 11.5 Å². The molecule has 0 radical (unpaired) electrons. The van der Waals surface area contributed by atoms with Crippen LogP contribution in [0, 0.1) is 12.8 Å². The maximum Gasteiger partial charge on any atom is 0.417 e. The van der Waals surface area contributed by atoms with E-state index in [1.165, 1.54) is 43.5 Å². The topological polar surface area (TPSA) is 114 Å². The number of aliphatic hydroxyl groups excluding tert-OH is 1.